The average Bonchev–Trinajstić information content (AvgIpc) is 2.02. The van der Waals surface area contributed by atoms with E-state index in [9.17, 15) is 9.59 Å². The van der Waals surface area contributed by atoms with Crippen LogP contribution in [0.3, 0.4) is 0 Å². The summed E-state index contributed by atoms with van der Waals surface area (Å²) >= 11 is 0. The molecule has 4 heteroatoms. The van der Waals surface area contributed by atoms with E-state index in [2.05, 4.69) is 0 Å². The predicted octanol–water partition coefficient (Wildman–Crippen LogP) is 1.21. The molecule has 0 aromatic carbocycles. The Morgan fingerprint density at radius 1 is 1.00 bits per heavy atom. The van der Waals surface area contributed by atoms with E-state index in [1.54, 1.807) is 18.2 Å². The van der Waals surface area contributed by atoms with E-state index in [4.69, 9.17) is 10.2 Å². The number of hydrogen-bond acceptors (Lipinski definition) is 2. The van der Waals surface area contributed by atoms with Gasteiger partial charge in [-0.25, -0.2) is 0 Å². The number of rotatable bonds is 2. The van der Waals surface area contributed by atoms with Crippen molar-refractivity contribution in [2.75, 3.05) is 0 Å². The van der Waals surface area contributed by atoms with Gasteiger partial charge < -0.3 is 10.2 Å². The molecule has 0 aromatic heterocycles. The van der Waals surface area contributed by atoms with Gasteiger partial charge in [0.05, 0.1) is 0 Å². The summed E-state index contributed by atoms with van der Waals surface area (Å²) < 4.78 is 0. The Morgan fingerprint density at radius 2 is 1.57 bits per heavy atom. The molecule has 74 valence electrons. The van der Waals surface area contributed by atoms with Crippen molar-refractivity contribution in [1.29, 1.82) is 0 Å². The minimum absolute atomic E-state index is 0.0431. The van der Waals surface area contributed by atoms with Crippen molar-refractivity contribution in [3.8, 4) is 0 Å². The Kier molecular flexibility index (Phi) is 2.86. The molecule has 0 radical (unpaired) electrons. The second kappa shape index (κ2) is 3.91. The van der Waals surface area contributed by atoms with Crippen LogP contribution in [0.15, 0.2) is 36.5 Å². The molecule has 0 unspecified atom stereocenters. The lowest BCUT2D eigenvalue weighted by molar-refractivity contribution is -0.160. The molecule has 0 heterocycles. The van der Waals surface area contributed by atoms with Gasteiger partial charge in [-0.3, -0.25) is 9.59 Å². The Hall–Kier alpha value is -1.84. The second-order valence-electron chi connectivity index (χ2n) is 2.96. The lowest BCUT2D eigenvalue weighted by atomic mass is 9.83. The zero-order valence-electron chi connectivity index (χ0n) is 7.38. The molecular formula is C10H10O4. The van der Waals surface area contributed by atoms with Crippen LogP contribution in [0.1, 0.15) is 6.42 Å². The first-order chi connectivity index (χ1) is 6.59. The SMILES string of the molecule is O=C(O)C1(C(=O)O)C=CC=CC=CC1. The maximum atomic E-state index is 10.9. The van der Waals surface area contributed by atoms with Crippen LogP contribution in [-0.4, -0.2) is 22.2 Å². The molecule has 0 saturated heterocycles. The van der Waals surface area contributed by atoms with E-state index >= 15 is 0 Å². The summed E-state index contributed by atoms with van der Waals surface area (Å²) in [6.45, 7) is 0. The maximum absolute atomic E-state index is 10.9. The molecule has 0 aliphatic heterocycles. The second-order valence-corrected chi connectivity index (χ2v) is 2.96. The van der Waals surface area contributed by atoms with Gasteiger partial charge in [0.2, 0.25) is 0 Å². The van der Waals surface area contributed by atoms with Gasteiger partial charge in [0, 0.05) is 0 Å². The Balaban J connectivity index is 3.14. The predicted molar refractivity (Wildman–Crippen MR) is 49.7 cm³/mol. The Morgan fingerprint density at radius 3 is 2.14 bits per heavy atom. The highest BCUT2D eigenvalue weighted by molar-refractivity contribution is 6.00. The summed E-state index contributed by atoms with van der Waals surface area (Å²) in [6.07, 6.45) is 9.05. The molecule has 2 N–H and O–H groups in total. The first-order valence-corrected chi connectivity index (χ1v) is 4.07. The molecule has 4 nitrogen and oxygen atoms in total. The number of carboxylic acids is 2. The summed E-state index contributed by atoms with van der Waals surface area (Å²) in [7, 11) is 0. The third-order valence-electron chi connectivity index (χ3n) is 2.05. The van der Waals surface area contributed by atoms with Crippen LogP contribution < -0.4 is 0 Å². The Bertz CT molecular complexity index is 322. The van der Waals surface area contributed by atoms with Crippen LogP contribution in [-0.2, 0) is 9.59 Å². The maximum Gasteiger partial charge on any atom is 0.325 e. The molecule has 0 atom stereocenters. The molecule has 0 spiro atoms. The summed E-state index contributed by atoms with van der Waals surface area (Å²) in [5.74, 6) is -2.69. The van der Waals surface area contributed by atoms with Crippen molar-refractivity contribution < 1.29 is 19.8 Å². The lowest BCUT2D eigenvalue weighted by Gasteiger charge is -2.19. The standard InChI is InChI=1S/C10H10O4/c11-8(12)10(9(13)14)6-4-2-1-3-5-7-10/h1-6H,7H2,(H,11,12)(H,13,14). The number of hydrogen-bond donors (Lipinski definition) is 2. The minimum Gasteiger partial charge on any atom is -0.480 e. The van der Waals surface area contributed by atoms with E-state index in [0.717, 1.165) is 0 Å². The average molecular weight is 194 g/mol. The van der Waals surface area contributed by atoms with Gasteiger partial charge in [-0.2, -0.15) is 0 Å². The highest BCUT2D eigenvalue weighted by Gasteiger charge is 2.43. The van der Waals surface area contributed by atoms with Crippen LogP contribution in [0.4, 0.5) is 0 Å². The van der Waals surface area contributed by atoms with Crippen molar-refractivity contribution >= 4 is 11.9 Å². The minimum atomic E-state index is -1.83. The van der Waals surface area contributed by atoms with Crippen molar-refractivity contribution in [2.24, 2.45) is 5.41 Å². The summed E-state index contributed by atoms with van der Waals surface area (Å²) in [5, 5.41) is 17.8. The molecule has 0 aromatic rings. The van der Waals surface area contributed by atoms with E-state index in [1.807, 2.05) is 0 Å². The van der Waals surface area contributed by atoms with Crippen LogP contribution >= 0.6 is 0 Å². The van der Waals surface area contributed by atoms with Crippen LogP contribution in [0.25, 0.3) is 0 Å². The fraction of sp³-hybridized carbons (Fsp3) is 0.200. The first kappa shape index (κ1) is 10.2. The van der Waals surface area contributed by atoms with Gasteiger partial charge in [0.1, 0.15) is 0 Å². The van der Waals surface area contributed by atoms with Gasteiger partial charge in [-0.15, -0.1) is 0 Å². The van der Waals surface area contributed by atoms with E-state index < -0.39 is 17.4 Å². The van der Waals surface area contributed by atoms with Gasteiger partial charge in [-0.1, -0.05) is 36.5 Å². The van der Waals surface area contributed by atoms with Crippen molar-refractivity contribution in [3.63, 3.8) is 0 Å². The topological polar surface area (TPSA) is 74.6 Å². The molecule has 0 amide bonds. The van der Waals surface area contributed by atoms with Crippen molar-refractivity contribution in [2.45, 2.75) is 6.42 Å². The molecule has 1 aliphatic rings. The molecular weight excluding hydrogens is 184 g/mol. The molecule has 0 bridgehead atoms. The summed E-state index contributed by atoms with van der Waals surface area (Å²) in [6, 6.07) is 0. The Labute approximate surface area is 80.9 Å². The van der Waals surface area contributed by atoms with Crippen LogP contribution in [0.5, 0.6) is 0 Å². The monoisotopic (exact) mass is 194 g/mol. The third-order valence-corrected chi connectivity index (χ3v) is 2.05. The highest BCUT2D eigenvalue weighted by atomic mass is 16.4. The summed E-state index contributed by atoms with van der Waals surface area (Å²) in [5.41, 5.74) is -1.83. The van der Waals surface area contributed by atoms with Crippen molar-refractivity contribution in [1.82, 2.24) is 0 Å². The fourth-order valence-corrected chi connectivity index (χ4v) is 1.16. The fourth-order valence-electron chi connectivity index (χ4n) is 1.16. The van der Waals surface area contributed by atoms with E-state index in [1.165, 1.54) is 18.2 Å². The normalized spacial score (nSPS) is 18.6. The van der Waals surface area contributed by atoms with Gasteiger partial charge in [0.25, 0.3) is 0 Å². The molecule has 1 rings (SSSR count). The first-order valence-electron chi connectivity index (χ1n) is 4.07. The van der Waals surface area contributed by atoms with Gasteiger partial charge in [-0.05, 0) is 6.42 Å². The summed E-state index contributed by atoms with van der Waals surface area (Å²) in [4.78, 5) is 21.8. The lowest BCUT2D eigenvalue weighted by Crippen LogP contribution is -2.37. The highest BCUT2D eigenvalue weighted by Crippen LogP contribution is 2.26. The number of carbonyl (C=O) groups is 2. The number of aliphatic carboxylic acids is 2. The van der Waals surface area contributed by atoms with E-state index in [0.29, 0.717) is 0 Å². The molecule has 1 aliphatic carbocycles. The third kappa shape index (κ3) is 1.74. The van der Waals surface area contributed by atoms with Crippen molar-refractivity contribution in [3.05, 3.63) is 36.5 Å². The smallest absolute Gasteiger partial charge is 0.325 e. The van der Waals surface area contributed by atoms with Crippen LogP contribution in [0, 0.1) is 5.41 Å². The molecule has 0 fully saturated rings. The number of carboxylic acid groups (broad SMARTS) is 2. The quantitative estimate of drug-likeness (QED) is 0.648. The van der Waals surface area contributed by atoms with Gasteiger partial charge in [0.15, 0.2) is 5.41 Å². The largest absolute Gasteiger partial charge is 0.480 e. The number of allylic oxidation sites excluding steroid dienone is 5. The van der Waals surface area contributed by atoms with E-state index in [-0.39, 0.29) is 6.42 Å². The van der Waals surface area contributed by atoms with Gasteiger partial charge >= 0.3 is 11.9 Å². The zero-order valence-corrected chi connectivity index (χ0v) is 7.38. The van der Waals surface area contributed by atoms with Crippen LogP contribution in [0.2, 0.25) is 0 Å². The molecule has 14 heavy (non-hydrogen) atoms. The molecule has 0 saturated carbocycles. The zero-order chi connectivity index (χ0) is 10.6.